The number of phenolic OH excluding ortho intramolecular Hbond substituents is 1. The van der Waals surface area contributed by atoms with Crippen LogP contribution in [-0.2, 0) is 0 Å². The predicted molar refractivity (Wildman–Crippen MR) is 52.9 cm³/mol. The van der Waals surface area contributed by atoms with E-state index in [0.29, 0.717) is 17.2 Å². The summed E-state index contributed by atoms with van der Waals surface area (Å²) in [6.45, 7) is 0. The van der Waals surface area contributed by atoms with Crippen molar-refractivity contribution in [3.05, 3.63) is 12.1 Å². The van der Waals surface area contributed by atoms with Gasteiger partial charge >= 0.3 is 0 Å². The number of nitrogen functional groups attached to an aromatic ring is 1. The molecular formula is C8H12ClNO3. The number of anilines is 1. The number of phenols is 1. The molecule has 0 atom stereocenters. The second kappa shape index (κ2) is 4.67. The van der Waals surface area contributed by atoms with Crippen LogP contribution in [0.4, 0.5) is 5.69 Å². The van der Waals surface area contributed by atoms with Crippen molar-refractivity contribution in [1.82, 2.24) is 0 Å². The Morgan fingerprint density at radius 2 is 1.85 bits per heavy atom. The Balaban J connectivity index is 0.00000144. The van der Waals surface area contributed by atoms with E-state index in [-0.39, 0.29) is 18.2 Å². The zero-order chi connectivity index (χ0) is 9.14. The van der Waals surface area contributed by atoms with Gasteiger partial charge < -0.3 is 20.3 Å². The van der Waals surface area contributed by atoms with E-state index < -0.39 is 0 Å². The van der Waals surface area contributed by atoms with Gasteiger partial charge in [-0.3, -0.25) is 0 Å². The van der Waals surface area contributed by atoms with E-state index in [1.54, 1.807) is 6.07 Å². The number of halogens is 1. The summed E-state index contributed by atoms with van der Waals surface area (Å²) in [5.74, 6) is 0.705. The lowest BCUT2D eigenvalue weighted by Gasteiger charge is -2.09. The van der Waals surface area contributed by atoms with E-state index in [1.165, 1.54) is 20.3 Å². The first-order valence-corrected chi connectivity index (χ1v) is 3.39. The van der Waals surface area contributed by atoms with Crippen LogP contribution in [0.25, 0.3) is 0 Å². The molecule has 0 saturated carbocycles. The monoisotopic (exact) mass is 205 g/mol. The first-order valence-electron chi connectivity index (χ1n) is 3.39. The van der Waals surface area contributed by atoms with Crippen LogP contribution in [0.15, 0.2) is 12.1 Å². The fraction of sp³-hybridized carbons (Fsp3) is 0.250. The summed E-state index contributed by atoms with van der Waals surface area (Å²) in [5, 5.41) is 9.32. The van der Waals surface area contributed by atoms with E-state index in [0.717, 1.165) is 0 Å². The fourth-order valence-electron chi connectivity index (χ4n) is 0.965. The van der Waals surface area contributed by atoms with E-state index in [1.807, 2.05) is 0 Å². The van der Waals surface area contributed by atoms with Gasteiger partial charge in [0, 0.05) is 17.8 Å². The number of hydrogen-bond acceptors (Lipinski definition) is 4. The first-order chi connectivity index (χ1) is 5.69. The van der Waals surface area contributed by atoms with Crippen molar-refractivity contribution in [3.63, 3.8) is 0 Å². The molecular weight excluding hydrogens is 194 g/mol. The summed E-state index contributed by atoms with van der Waals surface area (Å²) in [6.07, 6.45) is 0. The fourth-order valence-corrected chi connectivity index (χ4v) is 0.965. The summed E-state index contributed by atoms with van der Waals surface area (Å²) in [5.41, 5.74) is 5.90. The smallest absolute Gasteiger partial charge is 0.203 e. The van der Waals surface area contributed by atoms with Gasteiger partial charge in [0.15, 0.2) is 11.5 Å². The molecule has 0 aromatic heterocycles. The lowest BCUT2D eigenvalue weighted by atomic mass is 10.2. The molecule has 0 unspecified atom stereocenters. The predicted octanol–water partition coefficient (Wildman–Crippen LogP) is 1.41. The molecule has 13 heavy (non-hydrogen) atoms. The normalized spacial score (nSPS) is 8.77. The third kappa shape index (κ3) is 2.32. The lowest BCUT2D eigenvalue weighted by molar-refractivity contribution is 0.333. The van der Waals surface area contributed by atoms with E-state index in [9.17, 15) is 5.11 Å². The van der Waals surface area contributed by atoms with Gasteiger partial charge in [0.1, 0.15) is 0 Å². The lowest BCUT2D eigenvalue weighted by Crippen LogP contribution is -1.93. The maximum atomic E-state index is 9.32. The van der Waals surface area contributed by atoms with Gasteiger partial charge in [0.05, 0.1) is 14.2 Å². The number of aromatic hydroxyl groups is 1. The van der Waals surface area contributed by atoms with Crippen LogP contribution >= 0.6 is 12.4 Å². The largest absolute Gasteiger partial charge is 0.504 e. The molecule has 0 fully saturated rings. The molecule has 0 radical (unpaired) electrons. The van der Waals surface area contributed by atoms with Crippen molar-refractivity contribution in [2.45, 2.75) is 0 Å². The Morgan fingerprint density at radius 1 is 1.23 bits per heavy atom. The number of hydrogen-bond donors (Lipinski definition) is 2. The van der Waals surface area contributed by atoms with Crippen LogP contribution in [0, 0.1) is 0 Å². The molecule has 0 heterocycles. The Morgan fingerprint density at radius 3 is 2.31 bits per heavy atom. The standard InChI is InChI=1S/C8H11NO3.ClH/c1-11-7-4-5(9)3-6(10)8(7)12-2;/h3-4,10H,9H2,1-2H3;1H. The van der Waals surface area contributed by atoms with Gasteiger partial charge in [0.2, 0.25) is 5.75 Å². The minimum atomic E-state index is -0.0191. The van der Waals surface area contributed by atoms with Crippen molar-refractivity contribution in [2.75, 3.05) is 20.0 Å². The molecule has 74 valence electrons. The molecule has 1 rings (SSSR count). The SMILES string of the molecule is COc1cc(N)cc(O)c1OC.Cl. The third-order valence-corrected chi connectivity index (χ3v) is 1.48. The zero-order valence-electron chi connectivity index (χ0n) is 7.40. The van der Waals surface area contributed by atoms with Crippen LogP contribution in [-0.4, -0.2) is 19.3 Å². The zero-order valence-corrected chi connectivity index (χ0v) is 8.22. The highest BCUT2D eigenvalue weighted by Gasteiger charge is 2.09. The molecule has 3 N–H and O–H groups in total. The van der Waals surface area contributed by atoms with Crippen molar-refractivity contribution < 1.29 is 14.6 Å². The van der Waals surface area contributed by atoms with Crippen molar-refractivity contribution in [3.8, 4) is 17.2 Å². The quantitative estimate of drug-likeness (QED) is 0.717. The molecule has 1 aromatic rings. The van der Waals surface area contributed by atoms with Gasteiger partial charge in [-0.1, -0.05) is 0 Å². The Labute approximate surface area is 82.7 Å². The average Bonchev–Trinajstić information content (AvgIpc) is 2.03. The van der Waals surface area contributed by atoms with E-state index >= 15 is 0 Å². The van der Waals surface area contributed by atoms with E-state index in [2.05, 4.69) is 0 Å². The molecule has 0 saturated heterocycles. The van der Waals surface area contributed by atoms with Crippen molar-refractivity contribution >= 4 is 18.1 Å². The highest BCUT2D eigenvalue weighted by Crippen LogP contribution is 2.37. The van der Waals surface area contributed by atoms with Crippen LogP contribution < -0.4 is 15.2 Å². The van der Waals surface area contributed by atoms with Gasteiger partial charge in [-0.2, -0.15) is 0 Å². The van der Waals surface area contributed by atoms with Crippen LogP contribution in [0.1, 0.15) is 0 Å². The summed E-state index contributed by atoms with van der Waals surface area (Å²) in [6, 6.07) is 2.99. The Kier molecular flexibility index (Phi) is 4.20. The van der Waals surface area contributed by atoms with E-state index in [4.69, 9.17) is 15.2 Å². The summed E-state index contributed by atoms with van der Waals surface area (Å²) in [7, 11) is 2.94. The maximum Gasteiger partial charge on any atom is 0.203 e. The number of rotatable bonds is 2. The Bertz CT molecular complexity index is 291. The van der Waals surface area contributed by atoms with Gasteiger partial charge in [0.25, 0.3) is 0 Å². The maximum absolute atomic E-state index is 9.32. The highest BCUT2D eigenvalue weighted by atomic mass is 35.5. The number of benzene rings is 1. The molecule has 0 spiro atoms. The summed E-state index contributed by atoms with van der Waals surface area (Å²) >= 11 is 0. The molecule has 0 aliphatic rings. The minimum Gasteiger partial charge on any atom is -0.504 e. The Hall–Kier alpha value is -1.29. The number of ether oxygens (including phenoxy) is 2. The third-order valence-electron chi connectivity index (χ3n) is 1.48. The average molecular weight is 206 g/mol. The minimum absolute atomic E-state index is 0. The molecule has 1 aromatic carbocycles. The van der Waals surface area contributed by atoms with Crippen LogP contribution in [0.2, 0.25) is 0 Å². The van der Waals surface area contributed by atoms with Gasteiger partial charge in [-0.05, 0) is 0 Å². The molecule has 0 aliphatic carbocycles. The van der Waals surface area contributed by atoms with Crippen LogP contribution in [0.3, 0.4) is 0 Å². The second-order valence-corrected chi connectivity index (χ2v) is 2.28. The summed E-state index contributed by atoms with van der Waals surface area (Å²) in [4.78, 5) is 0. The molecule has 4 nitrogen and oxygen atoms in total. The topological polar surface area (TPSA) is 64.7 Å². The molecule has 0 bridgehead atoms. The molecule has 0 aliphatic heterocycles. The molecule has 0 amide bonds. The highest BCUT2D eigenvalue weighted by molar-refractivity contribution is 5.85. The number of methoxy groups -OCH3 is 2. The first kappa shape index (κ1) is 11.7. The molecule has 5 heteroatoms. The van der Waals surface area contributed by atoms with Crippen molar-refractivity contribution in [1.29, 1.82) is 0 Å². The summed E-state index contributed by atoms with van der Waals surface area (Å²) < 4.78 is 9.82. The van der Waals surface area contributed by atoms with Gasteiger partial charge in [-0.25, -0.2) is 0 Å². The van der Waals surface area contributed by atoms with Gasteiger partial charge in [-0.15, -0.1) is 12.4 Å². The van der Waals surface area contributed by atoms with Crippen LogP contribution in [0.5, 0.6) is 17.2 Å². The number of nitrogens with two attached hydrogens (primary N) is 1. The van der Waals surface area contributed by atoms with Crippen molar-refractivity contribution in [2.24, 2.45) is 0 Å². The second-order valence-electron chi connectivity index (χ2n) is 2.28.